The van der Waals surface area contributed by atoms with Crippen LogP contribution >= 0.6 is 11.6 Å². The number of guanidine groups is 1. The Bertz CT molecular complexity index is 1280. The van der Waals surface area contributed by atoms with Gasteiger partial charge in [-0.2, -0.15) is 0 Å². The van der Waals surface area contributed by atoms with Crippen molar-refractivity contribution >= 4 is 45.1 Å². The average molecular weight is 557 g/mol. The van der Waals surface area contributed by atoms with Crippen molar-refractivity contribution in [2.24, 2.45) is 4.99 Å². The van der Waals surface area contributed by atoms with Crippen LogP contribution in [0, 0.1) is 11.6 Å². The summed E-state index contributed by atoms with van der Waals surface area (Å²) in [6.45, 7) is 1.98. The molecule has 0 saturated heterocycles. The van der Waals surface area contributed by atoms with Gasteiger partial charge in [-0.3, -0.25) is 10.1 Å². The van der Waals surface area contributed by atoms with Crippen molar-refractivity contribution < 1.29 is 31.5 Å². The van der Waals surface area contributed by atoms with E-state index < -0.39 is 38.4 Å². The summed E-state index contributed by atoms with van der Waals surface area (Å²) in [4.78, 5) is 28.6. The number of benzene rings is 2. The zero-order valence-electron chi connectivity index (χ0n) is 20.2. The lowest BCUT2D eigenvalue weighted by molar-refractivity contribution is 0.0976. The second-order valence-electron chi connectivity index (χ2n) is 8.50. The molecule has 0 spiro atoms. The molecule has 1 fully saturated rings. The van der Waals surface area contributed by atoms with E-state index in [1.54, 1.807) is 6.92 Å². The highest BCUT2D eigenvalue weighted by Crippen LogP contribution is 2.23. The van der Waals surface area contributed by atoms with Crippen molar-refractivity contribution in [3.63, 3.8) is 0 Å². The highest BCUT2D eigenvalue weighted by molar-refractivity contribution is 7.90. The number of rotatable bonds is 6. The maximum atomic E-state index is 14.0. The Morgan fingerprint density at radius 3 is 2.43 bits per heavy atom. The van der Waals surface area contributed by atoms with Crippen LogP contribution in [0.2, 0.25) is 5.02 Å². The molecule has 2 aromatic rings. The molecule has 1 saturated carbocycles. The molecule has 13 heteroatoms. The Morgan fingerprint density at radius 2 is 1.81 bits per heavy atom. The largest absolute Gasteiger partial charge is 0.450 e. The number of hydrogen-bond acceptors (Lipinski definition) is 6. The first-order valence-corrected chi connectivity index (χ1v) is 13.8. The van der Waals surface area contributed by atoms with Gasteiger partial charge in [0.2, 0.25) is 5.96 Å². The molecule has 37 heavy (non-hydrogen) atoms. The highest BCUT2D eigenvalue weighted by atomic mass is 35.5. The van der Waals surface area contributed by atoms with Gasteiger partial charge < -0.3 is 15.4 Å². The molecular weight excluding hydrogens is 530 g/mol. The third-order valence-electron chi connectivity index (χ3n) is 5.56. The third-order valence-corrected chi connectivity index (χ3v) is 6.89. The fourth-order valence-corrected chi connectivity index (χ4v) is 4.82. The van der Waals surface area contributed by atoms with Gasteiger partial charge >= 0.3 is 6.09 Å². The van der Waals surface area contributed by atoms with Crippen molar-refractivity contribution in [1.29, 1.82) is 0 Å². The maximum Gasteiger partial charge on any atom is 0.407 e. The Labute approximate surface area is 218 Å². The van der Waals surface area contributed by atoms with Gasteiger partial charge in [0.05, 0.1) is 12.6 Å². The van der Waals surface area contributed by atoms with Crippen molar-refractivity contribution in [1.82, 2.24) is 10.6 Å². The van der Waals surface area contributed by atoms with E-state index in [0.29, 0.717) is 25.7 Å². The first-order valence-electron chi connectivity index (χ1n) is 11.5. The number of amides is 2. The Hall–Kier alpha value is -3.25. The topological polar surface area (TPSA) is 126 Å². The number of sulfone groups is 1. The van der Waals surface area contributed by atoms with E-state index in [1.807, 2.05) is 0 Å². The molecule has 3 N–H and O–H groups in total. The van der Waals surface area contributed by atoms with Crippen LogP contribution in [0.15, 0.2) is 46.3 Å². The Balaban J connectivity index is 1.81. The van der Waals surface area contributed by atoms with Gasteiger partial charge in [0.1, 0.15) is 16.5 Å². The second-order valence-corrected chi connectivity index (χ2v) is 10.9. The van der Waals surface area contributed by atoms with Crippen LogP contribution in [-0.2, 0) is 14.6 Å². The molecule has 1 aliphatic carbocycles. The number of ether oxygens (including phenoxy) is 1. The number of nitrogens with zero attached hydrogens (tertiary/aromatic N) is 1. The number of hydrogen-bond donors (Lipinski definition) is 3. The van der Waals surface area contributed by atoms with Crippen molar-refractivity contribution in [2.75, 3.05) is 18.2 Å². The summed E-state index contributed by atoms with van der Waals surface area (Å²) < 4.78 is 56.5. The normalized spacial score (nSPS) is 18.1. The lowest BCUT2D eigenvalue weighted by atomic mass is 9.92. The molecule has 200 valence electrons. The first-order chi connectivity index (χ1) is 17.4. The Morgan fingerprint density at radius 1 is 1.11 bits per heavy atom. The third kappa shape index (κ3) is 8.39. The monoisotopic (exact) mass is 556 g/mol. The molecule has 9 nitrogen and oxygen atoms in total. The molecule has 2 aromatic carbocycles. The van der Waals surface area contributed by atoms with E-state index in [0.717, 1.165) is 36.6 Å². The number of carbonyl (C=O) groups excluding carboxylic acids is 2. The number of nitrogens with one attached hydrogen (secondary N) is 3. The minimum Gasteiger partial charge on any atom is -0.450 e. The average Bonchev–Trinajstić information content (AvgIpc) is 2.79. The van der Waals surface area contributed by atoms with Crippen LogP contribution < -0.4 is 16.0 Å². The molecular formula is C24H27ClF2N4O5S. The van der Waals surface area contributed by atoms with E-state index in [1.165, 1.54) is 6.07 Å². The van der Waals surface area contributed by atoms with Gasteiger partial charge in [0.15, 0.2) is 9.84 Å². The summed E-state index contributed by atoms with van der Waals surface area (Å²) in [6, 6.07) is 6.36. The fourth-order valence-electron chi connectivity index (χ4n) is 3.84. The van der Waals surface area contributed by atoms with Crippen LogP contribution in [0.1, 0.15) is 43.0 Å². The summed E-state index contributed by atoms with van der Waals surface area (Å²) in [5, 5.41) is 8.30. The van der Waals surface area contributed by atoms with Crippen LogP contribution in [0.3, 0.4) is 0 Å². The Kier molecular flexibility index (Phi) is 9.44. The number of carbonyl (C=O) groups is 2. The summed E-state index contributed by atoms with van der Waals surface area (Å²) in [6.07, 6.45) is 2.75. The van der Waals surface area contributed by atoms with E-state index in [9.17, 15) is 26.8 Å². The van der Waals surface area contributed by atoms with E-state index in [-0.39, 0.29) is 40.9 Å². The van der Waals surface area contributed by atoms with Gasteiger partial charge in [-0.05, 0) is 69.0 Å². The molecule has 2 amide bonds. The molecule has 0 radical (unpaired) electrons. The fraction of sp³-hybridized carbons (Fsp3) is 0.375. The van der Waals surface area contributed by atoms with Crippen LogP contribution in [0.25, 0.3) is 0 Å². The number of halogens is 3. The second kappa shape index (κ2) is 12.3. The molecule has 0 bridgehead atoms. The summed E-state index contributed by atoms with van der Waals surface area (Å²) in [5.41, 5.74) is 0.105. The lowest BCUT2D eigenvalue weighted by Gasteiger charge is -2.27. The lowest BCUT2D eigenvalue weighted by Crippen LogP contribution is -2.40. The molecule has 0 aliphatic heterocycles. The minimum absolute atomic E-state index is 0.0290. The molecule has 3 rings (SSSR count). The predicted octanol–water partition coefficient (Wildman–Crippen LogP) is 4.28. The smallest absolute Gasteiger partial charge is 0.407 e. The first kappa shape index (κ1) is 28.3. The van der Waals surface area contributed by atoms with Gasteiger partial charge in [-0.15, -0.1) is 0 Å². The van der Waals surface area contributed by atoms with Crippen molar-refractivity contribution in [3.05, 3.63) is 58.6 Å². The molecule has 0 unspecified atom stereocenters. The van der Waals surface area contributed by atoms with Crippen LogP contribution in [-0.4, -0.2) is 51.3 Å². The van der Waals surface area contributed by atoms with Gasteiger partial charge in [-0.1, -0.05) is 11.6 Å². The highest BCUT2D eigenvalue weighted by Gasteiger charge is 2.24. The summed E-state index contributed by atoms with van der Waals surface area (Å²) in [7, 11) is -3.91. The summed E-state index contributed by atoms with van der Waals surface area (Å²) >= 11 is 5.94. The summed E-state index contributed by atoms with van der Waals surface area (Å²) in [5.74, 6) is -2.37. The number of alkyl carbamates (subject to hydrolysis) is 1. The molecule has 0 atom stereocenters. The van der Waals surface area contributed by atoms with E-state index >= 15 is 0 Å². The molecule has 0 aromatic heterocycles. The minimum atomic E-state index is -3.91. The predicted molar refractivity (Wildman–Crippen MR) is 136 cm³/mol. The van der Waals surface area contributed by atoms with Gasteiger partial charge in [0.25, 0.3) is 5.91 Å². The van der Waals surface area contributed by atoms with Gasteiger partial charge in [0, 0.05) is 28.6 Å². The molecule has 1 aliphatic rings. The number of aliphatic imine (C=N–C) groups is 1. The maximum absolute atomic E-state index is 14.0. The number of anilines is 1. The zero-order chi connectivity index (χ0) is 27.2. The van der Waals surface area contributed by atoms with E-state index in [4.69, 9.17) is 16.3 Å². The van der Waals surface area contributed by atoms with Crippen molar-refractivity contribution in [2.45, 2.75) is 49.6 Å². The van der Waals surface area contributed by atoms with Crippen LogP contribution in [0.5, 0.6) is 0 Å². The van der Waals surface area contributed by atoms with Crippen LogP contribution in [0.4, 0.5) is 19.3 Å². The van der Waals surface area contributed by atoms with Crippen molar-refractivity contribution in [3.8, 4) is 0 Å². The van der Waals surface area contributed by atoms with Gasteiger partial charge in [-0.25, -0.2) is 27.0 Å². The zero-order valence-corrected chi connectivity index (χ0v) is 21.8. The molecule has 0 heterocycles. The quantitative estimate of drug-likeness (QED) is 0.360. The SMILES string of the molecule is CCOC(=O)NC1CCC(N=C(NC(=O)c2ccc(F)c(S(C)(=O)=O)c2)Nc2cc(F)cc(Cl)c2)CC1. The van der Waals surface area contributed by atoms with E-state index in [2.05, 4.69) is 20.9 Å². The standard InChI is InChI=1S/C24H27ClF2N4O5S/c1-3-36-24(33)30-18-7-5-17(6-8-18)28-23(29-19-12-15(25)11-16(26)13-19)31-22(32)14-4-9-20(27)21(10-14)37(2,34)35/h4,9-13,17-18H,3,5-8H2,1-2H3,(H,30,33)(H2,28,29,31,32).